The molecule has 0 aromatic carbocycles. The van der Waals surface area contributed by atoms with E-state index >= 15 is 0 Å². The van der Waals surface area contributed by atoms with Crippen LogP contribution in [0, 0.1) is 6.92 Å². The zero-order chi connectivity index (χ0) is 23.4. The highest BCUT2D eigenvalue weighted by Crippen LogP contribution is 2.51. The molecule has 31 heavy (non-hydrogen) atoms. The van der Waals surface area contributed by atoms with Crippen molar-refractivity contribution in [3.63, 3.8) is 0 Å². The fraction of sp³-hybridized carbons (Fsp3) is 0.600. The summed E-state index contributed by atoms with van der Waals surface area (Å²) < 4.78 is 42.2. The largest absolute Gasteiger partial charge is 0.437 e. The van der Waals surface area contributed by atoms with Crippen LogP contribution in [0.5, 0.6) is 0 Å². The summed E-state index contributed by atoms with van der Waals surface area (Å²) in [5, 5.41) is 0. The number of aryl methyl sites for hydroxylation is 2. The molecule has 2 aromatic rings. The fourth-order valence-electron chi connectivity index (χ4n) is 4.01. The number of sulfonamides is 1. The Labute approximate surface area is 199 Å². The van der Waals surface area contributed by atoms with Gasteiger partial charge in [0.15, 0.2) is 16.6 Å². The standard InChI is InChI=1S/C20H35NO4S3Si3/c1-10-16-14-18-20(27-16)19-17(13-15(2)26-19)21(28(18,22)23)11-12-31(9,24-29(3,4)5)25-30(6,7)8/h13-14H,10-12H2,1-9H3. The maximum atomic E-state index is 13.7. The highest BCUT2D eigenvalue weighted by atomic mass is 32.2. The van der Waals surface area contributed by atoms with Gasteiger partial charge in [-0.25, -0.2) is 8.42 Å². The van der Waals surface area contributed by atoms with Gasteiger partial charge in [0.25, 0.3) is 10.0 Å². The lowest BCUT2D eigenvalue weighted by Gasteiger charge is -2.40. The SMILES string of the molecule is CCc1cc2c(s1)-c1sc(C)cc1N(CC[Si](C)(O[Si](C)(C)C)O[Si](C)(C)C)S2(=O)=O. The van der Waals surface area contributed by atoms with Gasteiger partial charge in [-0.05, 0) is 71.3 Å². The molecule has 0 spiro atoms. The molecule has 0 radical (unpaired) electrons. The van der Waals surface area contributed by atoms with Crippen LogP contribution < -0.4 is 4.31 Å². The predicted molar refractivity (Wildman–Crippen MR) is 142 cm³/mol. The Bertz CT molecular complexity index is 1050. The average molecular weight is 534 g/mol. The summed E-state index contributed by atoms with van der Waals surface area (Å²) in [4.78, 5) is 4.67. The molecule has 1 aliphatic heterocycles. The number of nitrogens with zero attached hydrogens (tertiary/aromatic N) is 1. The second-order valence-electron chi connectivity index (χ2n) is 10.2. The summed E-state index contributed by atoms with van der Waals surface area (Å²) in [6, 6.07) is 4.51. The van der Waals surface area contributed by atoms with Gasteiger partial charge in [-0.1, -0.05) is 6.92 Å². The maximum absolute atomic E-state index is 13.7. The summed E-state index contributed by atoms with van der Waals surface area (Å²) in [6.45, 7) is 19.7. The monoisotopic (exact) mass is 533 g/mol. The second kappa shape index (κ2) is 8.50. The van der Waals surface area contributed by atoms with Gasteiger partial charge < -0.3 is 8.23 Å². The lowest BCUT2D eigenvalue weighted by Crippen LogP contribution is -2.54. The molecule has 0 bridgehead atoms. The van der Waals surface area contributed by atoms with Crippen molar-refractivity contribution in [2.24, 2.45) is 0 Å². The first-order chi connectivity index (χ1) is 14.0. The van der Waals surface area contributed by atoms with E-state index in [0.717, 1.165) is 31.6 Å². The van der Waals surface area contributed by atoms with Gasteiger partial charge in [-0.3, -0.25) is 4.31 Å². The van der Waals surface area contributed by atoms with Crippen LogP contribution in [0.15, 0.2) is 17.0 Å². The van der Waals surface area contributed by atoms with Crippen LogP contribution in [0.3, 0.4) is 0 Å². The number of hydrogen-bond acceptors (Lipinski definition) is 6. The van der Waals surface area contributed by atoms with Gasteiger partial charge in [-0.15, -0.1) is 22.7 Å². The van der Waals surface area contributed by atoms with E-state index in [1.165, 1.54) is 0 Å². The lowest BCUT2D eigenvalue weighted by molar-refractivity contribution is 0.384. The predicted octanol–water partition coefficient (Wildman–Crippen LogP) is 6.63. The molecule has 0 saturated carbocycles. The zero-order valence-electron chi connectivity index (χ0n) is 20.1. The minimum absolute atomic E-state index is 0.389. The van der Waals surface area contributed by atoms with Gasteiger partial charge in [0, 0.05) is 22.3 Å². The molecule has 1 aliphatic rings. The van der Waals surface area contributed by atoms with Crippen molar-refractivity contribution in [2.45, 2.75) is 77.0 Å². The van der Waals surface area contributed by atoms with Crippen molar-refractivity contribution in [1.82, 2.24) is 0 Å². The van der Waals surface area contributed by atoms with E-state index in [0.29, 0.717) is 17.5 Å². The second-order valence-corrected chi connectivity index (χ2v) is 27.3. The average Bonchev–Trinajstić information content (AvgIpc) is 3.14. The van der Waals surface area contributed by atoms with Gasteiger partial charge in [0.2, 0.25) is 0 Å². The molecular formula is C20H35NO4S3Si3. The van der Waals surface area contributed by atoms with E-state index in [9.17, 15) is 8.42 Å². The molecular weight excluding hydrogens is 499 g/mol. The van der Waals surface area contributed by atoms with Gasteiger partial charge in [-0.2, -0.15) is 0 Å². The molecule has 0 aliphatic carbocycles. The Morgan fingerprint density at radius 2 is 1.52 bits per heavy atom. The molecule has 3 rings (SSSR count). The molecule has 3 heterocycles. The van der Waals surface area contributed by atoms with Crippen LogP contribution >= 0.6 is 22.7 Å². The number of rotatable bonds is 8. The molecule has 0 atom stereocenters. The van der Waals surface area contributed by atoms with Crippen LogP contribution in [-0.4, -0.2) is 40.2 Å². The molecule has 0 saturated heterocycles. The lowest BCUT2D eigenvalue weighted by atomic mass is 10.3. The molecule has 11 heteroatoms. The number of fused-ring (bicyclic) bond motifs is 3. The summed E-state index contributed by atoms with van der Waals surface area (Å²) in [6.07, 6.45) is 0.839. The van der Waals surface area contributed by atoms with Crippen molar-refractivity contribution in [3.8, 4) is 9.75 Å². The first-order valence-corrected chi connectivity index (χ1v) is 23.1. The molecule has 0 unspecified atom stereocenters. The molecule has 2 aromatic heterocycles. The Hall–Kier alpha value is -0.279. The third-order valence-corrected chi connectivity index (χ3v) is 18.7. The van der Waals surface area contributed by atoms with Crippen molar-refractivity contribution >= 4 is 63.6 Å². The Kier molecular flexibility index (Phi) is 6.95. The smallest absolute Gasteiger partial charge is 0.316 e. The van der Waals surface area contributed by atoms with Crippen molar-refractivity contribution in [1.29, 1.82) is 0 Å². The van der Waals surface area contributed by atoms with Crippen LogP contribution in [-0.2, 0) is 24.7 Å². The third-order valence-electron chi connectivity index (χ3n) is 4.79. The molecule has 5 nitrogen and oxygen atoms in total. The number of anilines is 1. The van der Waals surface area contributed by atoms with E-state index in [4.69, 9.17) is 8.23 Å². The van der Waals surface area contributed by atoms with Crippen LogP contribution in [0.25, 0.3) is 9.75 Å². The van der Waals surface area contributed by atoms with Crippen molar-refractivity contribution in [2.75, 3.05) is 10.8 Å². The van der Waals surface area contributed by atoms with E-state index in [-0.39, 0.29) is 0 Å². The van der Waals surface area contributed by atoms with Crippen molar-refractivity contribution < 1.29 is 16.6 Å². The first kappa shape index (κ1) is 25.3. The number of hydrogen-bond donors (Lipinski definition) is 0. The van der Waals surface area contributed by atoms with Crippen LogP contribution in [0.1, 0.15) is 16.7 Å². The Morgan fingerprint density at radius 1 is 0.935 bits per heavy atom. The van der Waals surface area contributed by atoms with E-state index in [2.05, 4.69) is 52.8 Å². The molecule has 0 fully saturated rings. The van der Waals surface area contributed by atoms with Gasteiger partial charge in [0.1, 0.15) is 4.90 Å². The van der Waals surface area contributed by atoms with Gasteiger partial charge >= 0.3 is 8.56 Å². The molecule has 174 valence electrons. The minimum atomic E-state index is -3.60. The van der Waals surface area contributed by atoms with E-state index in [1.807, 2.05) is 19.1 Å². The summed E-state index contributed by atoms with van der Waals surface area (Å²) in [7, 11) is -9.84. The normalized spacial score (nSPS) is 16.4. The van der Waals surface area contributed by atoms with Crippen molar-refractivity contribution in [3.05, 3.63) is 21.9 Å². The molecule has 0 amide bonds. The van der Waals surface area contributed by atoms with E-state index in [1.54, 1.807) is 27.0 Å². The topological polar surface area (TPSA) is 55.8 Å². The quantitative estimate of drug-likeness (QED) is 0.357. The first-order valence-electron chi connectivity index (χ1n) is 10.7. The maximum Gasteiger partial charge on any atom is 0.316 e. The summed E-state index contributed by atoms with van der Waals surface area (Å²) in [5.41, 5.74) is 0.817. The Balaban J connectivity index is 1.99. The highest BCUT2D eigenvalue weighted by Gasteiger charge is 2.43. The van der Waals surface area contributed by atoms with Gasteiger partial charge in [0.05, 0.1) is 15.4 Å². The fourth-order valence-corrected chi connectivity index (χ4v) is 20.9. The Morgan fingerprint density at radius 3 is 2.03 bits per heavy atom. The van der Waals surface area contributed by atoms with Crippen LogP contribution in [0.4, 0.5) is 5.69 Å². The zero-order valence-corrected chi connectivity index (χ0v) is 25.5. The highest BCUT2D eigenvalue weighted by molar-refractivity contribution is 7.93. The van der Waals surface area contributed by atoms with E-state index < -0.39 is 35.2 Å². The summed E-state index contributed by atoms with van der Waals surface area (Å²) in [5.74, 6) is 0. The third kappa shape index (κ3) is 5.62. The minimum Gasteiger partial charge on any atom is -0.437 e. The van der Waals surface area contributed by atoms with Crippen LogP contribution in [0.2, 0.25) is 51.9 Å². The number of thiophene rings is 2. The molecule has 0 N–H and O–H groups in total. The summed E-state index contributed by atoms with van der Waals surface area (Å²) >= 11 is 3.29.